The molecule has 0 radical (unpaired) electrons. The van der Waals surface area contributed by atoms with Crippen LogP contribution < -0.4 is 4.90 Å². The molecule has 0 saturated carbocycles. The lowest BCUT2D eigenvalue weighted by Crippen LogP contribution is -2.40. The van der Waals surface area contributed by atoms with Crippen LogP contribution in [0.3, 0.4) is 0 Å². The Morgan fingerprint density at radius 1 is 1.16 bits per heavy atom. The van der Waals surface area contributed by atoms with Crippen LogP contribution in [0.5, 0.6) is 0 Å². The summed E-state index contributed by atoms with van der Waals surface area (Å²) in [5, 5.41) is 4.08. The Kier molecular flexibility index (Phi) is 6.41. The van der Waals surface area contributed by atoms with Crippen molar-refractivity contribution in [2.45, 2.75) is 25.2 Å². The molecule has 0 aliphatic carbocycles. The first-order valence-corrected chi connectivity index (χ1v) is 12.1. The molecule has 5 heterocycles. The molecule has 5 rings (SSSR count). The molecule has 0 aromatic carbocycles. The first-order chi connectivity index (χ1) is 15.8. The van der Waals surface area contributed by atoms with Gasteiger partial charge in [-0.25, -0.2) is 9.97 Å². The fourth-order valence-corrected chi connectivity index (χ4v) is 5.14. The van der Waals surface area contributed by atoms with Crippen LogP contribution >= 0.6 is 11.3 Å². The Morgan fingerprint density at radius 2 is 2.00 bits per heavy atom. The van der Waals surface area contributed by atoms with Gasteiger partial charge in [-0.2, -0.15) is 11.3 Å². The summed E-state index contributed by atoms with van der Waals surface area (Å²) in [5.74, 6) is 1.13. The highest BCUT2D eigenvalue weighted by Crippen LogP contribution is 2.34. The maximum Gasteiger partial charge on any atom is 0.227 e. The molecule has 2 aliphatic heterocycles. The summed E-state index contributed by atoms with van der Waals surface area (Å²) in [7, 11) is 0. The van der Waals surface area contributed by atoms with Crippen LogP contribution in [0, 0.1) is 0 Å². The molecule has 3 aromatic rings. The Hall–Kier alpha value is -2.84. The molecule has 32 heavy (non-hydrogen) atoms. The molecule has 1 atom stereocenters. The van der Waals surface area contributed by atoms with Gasteiger partial charge in [0.1, 0.15) is 0 Å². The third-order valence-electron chi connectivity index (χ3n) is 6.19. The molecule has 0 N–H and O–H groups in total. The number of thiophene rings is 1. The van der Waals surface area contributed by atoms with E-state index in [1.165, 1.54) is 0 Å². The minimum absolute atomic E-state index is 0.182. The molecule has 2 saturated heterocycles. The zero-order valence-corrected chi connectivity index (χ0v) is 18.8. The standard InChI is InChI=1S/C24H27N5O2S/c30-22(14-18-5-13-32-17-18)29-8-1-2-20(16-29)23-21(19-3-6-25-7-4-19)15-26-24(27-23)28-9-11-31-12-10-28/h3-7,13,15,17,20H,1-2,8-12,14,16H2. The van der Waals surface area contributed by atoms with Crippen molar-refractivity contribution in [3.8, 4) is 11.1 Å². The summed E-state index contributed by atoms with van der Waals surface area (Å²) in [5.41, 5.74) is 4.21. The molecule has 8 heteroatoms. The minimum atomic E-state index is 0.182. The number of anilines is 1. The normalized spacial score (nSPS) is 19.2. The molecule has 0 bridgehead atoms. The molecule has 1 unspecified atom stereocenters. The Balaban J connectivity index is 1.43. The van der Waals surface area contributed by atoms with Crippen molar-refractivity contribution in [1.29, 1.82) is 0 Å². The summed E-state index contributed by atoms with van der Waals surface area (Å²) in [6.07, 6.45) is 8.00. The van der Waals surface area contributed by atoms with E-state index in [1.807, 2.05) is 34.7 Å². The second-order valence-corrected chi connectivity index (χ2v) is 9.07. The number of rotatable bonds is 5. The number of piperidine rings is 1. The van der Waals surface area contributed by atoms with Crippen molar-refractivity contribution >= 4 is 23.2 Å². The molecule has 2 aliphatic rings. The summed E-state index contributed by atoms with van der Waals surface area (Å²) in [4.78, 5) is 31.1. The summed E-state index contributed by atoms with van der Waals surface area (Å²) in [6.45, 7) is 4.48. The lowest BCUT2D eigenvalue weighted by Gasteiger charge is -2.34. The van der Waals surface area contributed by atoms with E-state index >= 15 is 0 Å². The third-order valence-corrected chi connectivity index (χ3v) is 6.92. The Morgan fingerprint density at radius 3 is 2.78 bits per heavy atom. The zero-order chi connectivity index (χ0) is 21.8. The lowest BCUT2D eigenvalue weighted by atomic mass is 9.90. The van der Waals surface area contributed by atoms with Gasteiger partial charge in [0.15, 0.2) is 0 Å². The first kappa shape index (κ1) is 21.0. The number of aromatic nitrogens is 3. The number of morpholine rings is 1. The van der Waals surface area contributed by atoms with Gasteiger partial charge in [0, 0.05) is 56.3 Å². The summed E-state index contributed by atoms with van der Waals surface area (Å²) in [6, 6.07) is 6.03. The fourth-order valence-electron chi connectivity index (χ4n) is 4.47. The van der Waals surface area contributed by atoms with Crippen molar-refractivity contribution in [3.05, 3.63) is 58.8 Å². The number of amides is 1. The zero-order valence-electron chi connectivity index (χ0n) is 18.0. The van der Waals surface area contributed by atoms with Crippen LogP contribution in [-0.2, 0) is 16.0 Å². The highest BCUT2D eigenvalue weighted by molar-refractivity contribution is 7.08. The second kappa shape index (κ2) is 9.75. The highest BCUT2D eigenvalue weighted by atomic mass is 32.1. The molecule has 7 nitrogen and oxygen atoms in total. The topological polar surface area (TPSA) is 71.5 Å². The lowest BCUT2D eigenvalue weighted by molar-refractivity contribution is -0.131. The summed E-state index contributed by atoms with van der Waals surface area (Å²) >= 11 is 1.63. The minimum Gasteiger partial charge on any atom is -0.378 e. The van der Waals surface area contributed by atoms with Crippen LogP contribution in [0.4, 0.5) is 5.95 Å². The second-order valence-electron chi connectivity index (χ2n) is 8.29. The maximum atomic E-state index is 13.0. The Labute approximate surface area is 192 Å². The van der Waals surface area contributed by atoms with E-state index in [9.17, 15) is 4.79 Å². The van der Waals surface area contributed by atoms with E-state index in [-0.39, 0.29) is 11.8 Å². The van der Waals surface area contributed by atoms with E-state index < -0.39 is 0 Å². The van der Waals surface area contributed by atoms with E-state index in [1.54, 1.807) is 23.7 Å². The van der Waals surface area contributed by atoms with Crippen molar-refractivity contribution in [1.82, 2.24) is 19.9 Å². The predicted octanol–water partition coefficient (Wildman–Crippen LogP) is 3.39. The van der Waals surface area contributed by atoms with Crippen molar-refractivity contribution in [2.75, 3.05) is 44.3 Å². The van der Waals surface area contributed by atoms with Gasteiger partial charge in [-0.05, 0) is 52.9 Å². The average molecular weight is 450 g/mol. The molecule has 3 aromatic heterocycles. The number of carbonyl (C=O) groups is 1. The van der Waals surface area contributed by atoms with Gasteiger partial charge in [0.25, 0.3) is 0 Å². The predicted molar refractivity (Wildman–Crippen MR) is 125 cm³/mol. The molecular weight excluding hydrogens is 422 g/mol. The van der Waals surface area contributed by atoms with Gasteiger partial charge in [-0.3, -0.25) is 9.78 Å². The van der Waals surface area contributed by atoms with Crippen molar-refractivity contribution in [3.63, 3.8) is 0 Å². The van der Waals surface area contributed by atoms with Crippen molar-refractivity contribution in [2.24, 2.45) is 0 Å². The van der Waals surface area contributed by atoms with E-state index in [0.717, 1.165) is 60.8 Å². The largest absolute Gasteiger partial charge is 0.378 e. The van der Waals surface area contributed by atoms with Crippen molar-refractivity contribution < 1.29 is 9.53 Å². The van der Waals surface area contributed by atoms with Gasteiger partial charge in [0.2, 0.25) is 11.9 Å². The number of ether oxygens (including phenoxy) is 1. The quantitative estimate of drug-likeness (QED) is 0.595. The van der Waals surface area contributed by atoms with Crippen LogP contribution in [0.25, 0.3) is 11.1 Å². The van der Waals surface area contributed by atoms with E-state index in [2.05, 4.69) is 15.3 Å². The maximum absolute atomic E-state index is 13.0. The first-order valence-electron chi connectivity index (χ1n) is 11.2. The van der Waals surface area contributed by atoms with Crippen LogP contribution in [-0.4, -0.2) is 65.2 Å². The number of hydrogen-bond acceptors (Lipinski definition) is 7. The van der Waals surface area contributed by atoms with Gasteiger partial charge >= 0.3 is 0 Å². The van der Waals surface area contributed by atoms with Gasteiger partial charge in [-0.1, -0.05) is 0 Å². The molecule has 0 spiro atoms. The number of hydrogen-bond donors (Lipinski definition) is 0. The molecule has 166 valence electrons. The monoisotopic (exact) mass is 449 g/mol. The van der Waals surface area contributed by atoms with Gasteiger partial charge in [-0.15, -0.1) is 0 Å². The van der Waals surface area contributed by atoms with E-state index in [0.29, 0.717) is 26.2 Å². The number of nitrogens with zero attached hydrogens (tertiary/aromatic N) is 5. The van der Waals surface area contributed by atoms with E-state index in [4.69, 9.17) is 14.7 Å². The number of likely N-dealkylation sites (tertiary alicyclic amines) is 1. The van der Waals surface area contributed by atoms with Gasteiger partial charge in [0.05, 0.1) is 25.3 Å². The van der Waals surface area contributed by atoms with Crippen LogP contribution in [0.2, 0.25) is 0 Å². The smallest absolute Gasteiger partial charge is 0.227 e. The molecular formula is C24H27N5O2S. The highest BCUT2D eigenvalue weighted by Gasteiger charge is 2.29. The van der Waals surface area contributed by atoms with Gasteiger partial charge < -0.3 is 14.5 Å². The third kappa shape index (κ3) is 4.66. The SMILES string of the molecule is O=C(Cc1ccsc1)N1CCCC(c2nc(N3CCOCC3)ncc2-c2ccncc2)C1. The number of carbonyl (C=O) groups excluding carboxylic acids is 1. The fraction of sp³-hybridized carbons (Fsp3) is 0.417. The Bertz CT molecular complexity index is 1040. The molecule has 2 fully saturated rings. The van der Waals surface area contributed by atoms with Crippen LogP contribution in [0.1, 0.15) is 30.0 Å². The number of pyridine rings is 1. The van der Waals surface area contributed by atoms with Crippen LogP contribution in [0.15, 0.2) is 47.5 Å². The summed E-state index contributed by atoms with van der Waals surface area (Å²) < 4.78 is 5.50. The molecule has 1 amide bonds. The average Bonchev–Trinajstić information content (AvgIpc) is 3.38.